The van der Waals surface area contributed by atoms with Gasteiger partial charge in [0.25, 0.3) is 15.9 Å². The van der Waals surface area contributed by atoms with Crippen molar-refractivity contribution in [1.29, 1.82) is 0 Å². The number of amides is 1. The van der Waals surface area contributed by atoms with Crippen LogP contribution in [0.1, 0.15) is 15.2 Å². The van der Waals surface area contributed by atoms with Crippen LogP contribution in [0.3, 0.4) is 0 Å². The van der Waals surface area contributed by atoms with Gasteiger partial charge in [0, 0.05) is 16.1 Å². The molecule has 0 aliphatic carbocycles. The van der Waals surface area contributed by atoms with Crippen molar-refractivity contribution in [3.05, 3.63) is 80.9 Å². The van der Waals surface area contributed by atoms with Gasteiger partial charge in [-0.25, -0.2) is 13.2 Å². The quantitative estimate of drug-likeness (QED) is 0.377. The van der Waals surface area contributed by atoms with Crippen LogP contribution in [0.2, 0.25) is 0 Å². The smallest absolute Gasteiger partial charge is 0.323 e. The first-order chi connectivity index (χ1) is 13.9. The minimum absolute atomic E-state index is 0.0121. The van der Waals surface area contributed by atoms with Gasteiger partial charge in [0.2, 0.25) is 0 Å². The molecule has 148 valence electrons. The van der Waals surface area contributed by atoms with Crippen molar-refractivity contribution in [2.45, 2.75) is 11.4 Å². The second-order valence-corrected chi connectivity index (χ2v) is 8.95. The standard InChI is InChI=1S/C19H16N4O4S2/c24-18(20-11-14-2-1-9-28-14)12-3-5-13(6-4-12)23-29(26,27)15-7-8-16-17(10-15)22-19(25)21-16/h1-10,23H,11H2,(H,20,24)(H2,21,22,25). The Labute approximate surface area is 169 Å². The number of carbonyl (C=O) groups excluding carboxylic acids is 1. The predicted molar refractivity (Wildman–Crippen MR) is 112 cm³/mol. The second-order valence-electron chi connectivity index (χ2n) is 6.23. The van der Waals surface area contributed by atoms with Crippen LogP contribution in [0.5, 0.6) is 0 Å². The number of thiophene rings is 1. The number of aromatic nitrogens is 2. The monoisotopic (exact) mass is 428 g/mol. The Morgan fingerprint density at radius 1 is 1.00 bits per heavy atom. The number of benzene rings is 2. The normalized spacial score (nSPS) is 11.4. The van der Waals surface area contributed by atoms with Crippen molar-refractivity contribution < 1.29 is 13.2 Å². The minimum Gasteiger partial charge on any atom is -0.347 e. The Balaban J connectivity index is 1.46. The lowest BCUT2D eigenvalue weighted by Gasteiger charge is -2.09. The predicted octanol–water partition coefficient (Wildman–Crippen LogP) is 2.65. The third kappa shape index (κ3) is 4.23. The van der Waals surface area contributed by atoms with Gasteiger partial charge in [0.1, 0.15) is 0 Å². The zero-order chi connectivity index (χ0) is 20.4. The van der Waals surface area contributed by atoms with Crippen LogP contribution in [-0.4, -0.2) is 24.3 Å². The molecule has 0 aliphatic rings. The number of rotatable bonds is 6. The highest BCUT2D eigenvalue weighted by Crippen LogP contribution is 2.19. The number of anilines is 1. The first-order valence-electron chi connectivity index (χ1n) is 8.56. The van der Waals surface area contributed by atoms with Gasteiger partial charge in [-0.1, -0.05) is 6.07 Å². The number of H-pyrrole nitrogens is 2. The summed E-state index contributed by atoms with van der Waals surface area (Å²) in [6.45, 7) is 0.439. The summed E-state index contributed by atoms with van der Waals surface area (Å²) in [7, 11) is -3.85. The highest BCUT2D eigenvalue weighted by Gasteiger charge is 2.16. The minimum atomic E-state index is -3.85. The number of fused-ring (bicyclic) bond motifs is 1. The van der Waals surface area contributed by atoms with E-state index in [0.717, 1.165) is 4.88 Å². The van der Waals surface area contributed by atoms with Crippen molar-refractivity contribution in [2.75, 3.05) is 4.72 Å². The number of carbonyl (C=O) groups is 1. The third-order valence-electron chi connectivity index (χ3n) is 4.20. The van der Waals surface area contributed by atoms with E-state index in [4.69, 9.17) is 0 Å². The van der Waals surface area contributed by atoms with Crippen molar-refractivity contribution in [2.24, 2.45) is 0 Å². The van der Waals surface area contributed by atoms with Gasteiger partial charge in [-0.3, -0.25) is 9.52 Å². The molecule has 0 atom stereocenters. The van der Waals surface area contributed by atoms with E-state index >= 15 is 0 Å². The van der Waals surface area contributed by atoms with E-state index < -0.39 is 15.7 Å². The van der Waals surface area contributed by atoms with Gasteiger partial charge in [0.05, 0.1) is 22.5 Å². The Morgan fingerprint density at radius 2 is 1.76 bits per heavy atom. The molecule has 10 heteroatoms. The lowest BCUT2D eigenvalue weighted by atomic mass is 10.2. The average Bonchev–Trinajstić information content (AvgIpc) is 3.34. The lowest BCUT2D eigenvalue weighted by molar-refractivity contribution is 0.0951. The fourth-order valence-corrected chi connectivity index (χ4v) is 4.49. The second kappa shape index (κ2) is 7.57. The Kier molecular flexibility index (Phi) is 4.95. The number of hydrogen-bond donors (Lipinski definition) is 4. The van der Waals surface area contributed by atoms with E-state index in [1.54, 1.807) is 23.5 Å². The van der Waals surface area contributed by atoms with Gasteiger partial charge in [0.15, 0.2) is 0 Å². The largest absolute Gasteiger partial charge is 0.347 e. The summed E-state index contributed by atoms with van der Waals surface area (Å²) in [5, 5.41) is 4.75. The van der Waals surface area contributed by atoms with Gasteiger partial charge >= 0.3 is 5.69 Å². The number of aromatic amines is 2. The van der Waals surface area contributed by atoms with Gasteiger partial charge < -0.3 is 15.3 Å². The molecule has 8 nitrogen and oxygen atoms in total. The summed E-state index contributed by atoms with van der Waals surface area (Å²) in [4.78, 5) is 29.7. The van der Waals surface area contributed by atoms with Crippen LogP contribution in [-0.2, 0) is 16.6 Å². The lowest BCUT2D eigenvalue weighted by Crippen LogP contribution is -2.22. The zero-order valence-corrected chi connectivity index (χ0v) is 16.6. The summed E-state index contributed by atoms with van der Waals surface area (Å²) in [6.07, 6.45) is 0. The van der Waals surface area contributed by atoms with Crippen LogP contribution < -0.4 is 15.7 Å². The molecule has 0 saturated heterocycles. The topological polar surface area (TPSA) is 124 Å². The number of sulfonamides is 1. The number of imidazole rings is 1. The van der Waals surface area contributed by atoms with Crippen LogP contribution >= 0.6 is 11.3 Å². The van der Waals surface area contributed by atoms with E-state index in [9.17, 15) is 18.0 Å². The first kappa shape index (κ1) is 19.0. The molecule has 0 radical (unpaired) electrons. The fraction of sp³-hybridized carbons (Fsp3) is 0.0526. The van der Waals surface area contributed by atoms with Gasteiger partial charge in [-0.05, 0) is 53.9 Å². The molecule has 2 heterocycles. The fourth-order valence-electron chi connectivity index (χ4n) is 2.77. The molecule has 0 bridgehead atoms. The summed E-state index contributed by atoms with van der Waals surface area (Å²) in [5.74, 6) is -0.241. The molecule has 4 N–H and O–H groups in total. The maximum Gasteiger partial charge on any atom is 0.323 e. The van der Waals surface area contributed by atoms with Crippen molar-refractivity contribution in [1.82, 2.24) is 15.3 Å². The summed E-state index contributed by atoms with van der Waals surface area (Å²) >= 11 is 1.56. The molecular weight excluding hydrogens is 412 g/mol. The molecule has 0 spiro atoms. The van der Waals surface area contributed by atoms with Crippen LogP contribution in [0.4, 0.5) is 5.69 Å². The Hall–Kier alpha value is -3.37. The van der Waals surface area contributed by atoms with Crippen molar-refractivity contribution in [3.63, 3.8) is 0 Å². The van der Waals surface area contributed by atoms with E-state index in [1.165, 1.54) is 30.3 Å². The highest BCUT2D eigenvalue weighted by atomic mass is 32.2. The van der Waals surface area contributed by atoms with Crippen LogP contribution in [0.25, 0.3) is 11.0 Å². The first-order valence-corrected chi connectivity index (χ1v) is 10.9. The van der Waals surface area contributed by atoms with Gasteiger partial charge in [-0.2, -0.15) is 0 Å². The summed E-state index contributed by atoms with van der Waals surface area (Å²) in [6, 6.07) is 14.3. The number of nitrogens with one attached hydrogen (secondary N) is 4. The van der Waals surface area contributed by atoms with Crippen LogP contribution in [0, 0.1) is 0 Å². The van der Waals surface area contributed by atoms with E-state index in [0.29, 0.717) is 28.8 Å². The maximum absolute atomic E-state index is 12.6. The van der Waals surface area contributed by atoms with E-state index in [-0.39, 0.29) is 10.8 Å². The zero-order valence-electron chi connectivity index (χ0n) is 14.9. The van der Waals surface area contributed by atoms with Crippen LogP contribution in [0.15, 0.2) is 69.7 Å². The Morgan fingerprint density at radius 3 is 2.48 bits per heavy atom. The molecule has 2 aromatic heterocycles. The molecule has 1 amide bonds. The average molecular weight is 428 g/mol. The molecule has 4 rings (SSSR count). The molecule has 0 fully saturated rings. The molecule has 29 heavy (non-hydrogen) atoms. The molecule has 0 aliphatic heterocycles. The van der Waals surface area contributed by atoms with Gasteiger partial charge in [-0.15, -0.1) is 11.3 Å². The SMILES string of the molecule is O=C(NCc1cccs1)c1ccc(NS(=O)(=O)c2ccc3[nH]c(=O)[nH]c3c2)cc1. The van der Waals surface area contributed by atoms with E-state index in [1.807, 2.05) is 17.5 Å². The van der Waals surface area contributed by atoms with Crippen molar-refractivity contribution >= 4 is 44.0 Å². The number of hydrogen-bond acceptors (Lipinski definition) is 5. The molecule has 4 aromatic rings. The highest BCUT2D eigenvalue weighted by molar-refractivity contribution is 7.92. The molecular formula is C19H16N4O4S2. The van der Waals surface area contributed by atoms with Crippen molar-refractivity contribution in [3.8, 4) is 0 Å². The molecule has 0 unspecified atom stereocenters. The summed E-state index contributed by atoms with van der Waals surface area (Å²) < 4.78 is 27.7. The Bertz CT molecular complexity index is 1320. The van der Waals surface area contributed by atoms with E-state index in [2.05, 4.69) is 20.0 Å². The third-order valence-corrected chi connectivity index (χ3v) is 6.46. The molecule has 2 aromatic carbocycles. The summed E-state index contributed by atoms with van der Waals surface area (Å²) in [5.41, 5.74) is 1.26. The maximum atomic E-state index is 12.6. The molecule has 0 saturated carbocycles.